The van der Waals surface area contributed by atoms with Crippen molar-refractivity contribution < 1.29 is 10.0 Å². The molecule has 0 aromatic heterocycles. The Balaban J connectivity index is 3.25. The fourth-order valence-electron chi connectivity index (χ4n) is 0.907. The summed E-state index contributed by atoms with van der Waals surface area (Å²) in [6.45, 7) is 0. The molecular formula is C8H7N3O2. The molecule has 1 aromatic carbocycles. The van der Waals surface area contributed by atoms with E-state index in [4.69, 9.17) is 16.2 Å². The second kappa shape index (κ2) is 3.56. The minimum atomic E-state index is -0.746. The molecule has 1 rings (SSSR count). The van der Waals surface area contributed by atoms with Crippen molar-refractivity contribution in [3.8, 4) is 6.07 Å². The van der Waals surface area contributed by atoms with Crippen molar-refractivity contribution in [3.05, 3.63) is 29.3 Å². The van der Waals surface area contributed by atoms with Gasteiger partial charge in [0.25, 0.3) is 5.91 Å². The van der Waals surface area contributed by atoms with Gasteiger partial charge in [0.2, 0.25) is 0 Å². The van der Waals surface area contributed by atoms with Crippen LogP contribution >= 0.6 is 0 Å². The van der Waals surface area contributed by atoms with E-state index in [9.17, 15) is 4.79 Å². The first-order chi connectivity index (χ1) is 6.19. The molecule has 0 atom stereocenters. The summed E-state index contributed by atoms with van der Waals surface area (Å²) < 4.78 is 0. The van der Waals surface area contributed by atoms with Crippen LogP contribution in [0.15, 0.2) is 18.2 Å². The molecule has 0 saturated carbocycles. The van der Waals surface area contributed by atoms with E-state index in [1.54, 1.807) is 0 Å². The van der Waals surface area contributed by atoms with Gasteiger partial charge >= 0.3 is 0 Å². The number of nitrogens with two attached hydrogens (primary N) is 1. The number of nitrogens with zero attached hydrogens (tertiary/aromatic N) is 1. The molecule has 4 N–H and O–H groups in total. The monoisotopic (exact) mass is 177 g/mol. The second-order valence-corrected chi connectivity index (χ2v) is 2.36. The van der Waals surface area contributed by atoms with Gasteiger partial charge in [0, 0.05) is 5.69 Å². The van der Waals surface area contributed by atoms with Crippen LogP contribution in [0.25, 0.3) is 0 Å². The van der Waals surface area contributed by atoms with Crippen LogP contribution < -0.4 is 11.2 Å². The van der Waals surface area contributed by atoms with E-state index in [0.717, 1.165) is 0 Å². The van der Waals surface area contributed by atoms with Crippen LogP contribution in [0.5, 0.6) is 0 Å². The highest BCUT2D eigenvalue weighted by atomic mass is 16.5. The van der Waals surface area contributed by atoms with Crippen molar-refractivity contribution in [1.29, 1.82) is 5.26 Å². The van der Waals surface area contributed by atoms with Gasteiger partial charge in [0.1, 0.15) is 0 Å². The van der Waals surface area contributed by atoms with Gasteiger partial charge in [-0.3, -0.25) is 10.0 Å². The summed E-state index contributed by atoms with van der Waals surface area (Å²) in [7, 11) is 0. The van der Waals surface area contributed by atoms with Crippen LogP contribution in [0.2, 0.25) is 0 Å². The van der Waals surface area contributed by atoms with Crippen molar-refractivity contribution in [2.45, 2.75) is 0 Å². The third-order valence-corrected chi connectivity index (χ3v) is 1.51. The number of carbonyl (C=O) groups excluding carboxylic acids is 1. The van der Waals surface area contributed by atoms with E-state index in [0.29, 0.717) is 5.69 Å². The third kappa shape index (κ3) is 1.75. The van der Waals surface area contributed by atoms with E-state index in [1.165, 1.54) is 23.7 Å². The summed E-state index contributed by atoms with van der Waals surface area (Å²) in [4.78, 5) is 11.0. The average molecular weight is 177 g/mol. The van der Waals surface area contributed by atoms with Crippen LogP contribution in [0, 0.1) is 11.3 Å². The molecule has 0 aliphatic rings. The lowest BCUT2D eigenvalue weighted by Crippen LogP contribution is -2.19. The van der Waals surface area contributed by atoms with Gasteiger partial charge in [-0.15, -0.1) is 0 Å². The Hall–Kier alpha value is -2.06. The maximum Gasteiger partial charge on any atom is 0.276 e. The van der Waals surface area contributed by atoms with Gasteiger partial charge in [-0.05, 0) is 18.2 Å². The lowest BCUT2D eigenvalue weighted by molar-refractivity contribution is 0.0706. The number of carbonyl (C=O) groups is 1. The quantitative estimate of drug-likeness (QED) is 0.325. The van der Waals surface area contributed by atoms with Gasteiger partial charge in [-0.2, -0.15) is 5.26 Å². The van der Waals surface area contributed by atoms with Crippen LogP contribution in [0.4, 0.5) is 5.69 Å². The zero-order valence-corrected chi connectivity index (χ0v) is 6.61. The number of hydrogen-bond acceptors (Lipinski definition) is 4. The number of nitrogen functional groups attached to an aromatic ring is 1. The van der Waals surface area contributed by atoms with Gasteiger partial charge in [0.05, 0.1) is 17.2 Å². The standard InChI is InChI=1S/C8H7N3O2/c9-4-5-1-2-6(10)3-7(5)8(12)11-13/h1-3,13H,10H2,(H,11,12). The Labute approximate surface area is 74.4 Å². The molecule has 5 nitrogen and oxygen atoms in total. The summed E-state index contributed by atoms with van der Waals surface area (Å²) in [6, 6.07) is 6.06. The van der Waals surface area contributed by atoms with Gasteiger partial charge in [-0.25, -0.2) is 5.48 Å². The molecule has 5 heteroatoms. The average Bonchev–Trinajstić information content (AvgIpc) is 2.16. The highest BCUT2D eigenvalue weighted by Crippen LogP contribution is 2.12. The highest BCUT2D eigenvalue weighted by Gasteiger charge is 2.10. The van der Waals surface area contributed by atoms with Crippen LogP contribution in [0.3, 0.4) is 0 Å². The largest absolute Gasteiger partial charge is 0.399 e. The van der Waals surface area contributed by atoms with Crippen molar-refractivity contribution in [2.24, 2.45) is 0 Å². The van der Waals surface area contributed by atoms with Crippen molar-refractivity contribution in [1.82, 2.24) is 5.48 Å². The molecule has 0 aliphatic carbocycles. The number of amides is 1. The number of benzene rings is 1. The fourth-order valence-corrected chi connectivity index (χ4v) is 0.907. The number of hydroxylamine groups is 1. The Morgan fingerprint density at radius 1 is 1.62 bits per heavy atom. The molecular weight excluding hydrogens is 170 g/mol. The predicted octanol–water partition coefficient (Wildman–Crippen LogP) is 0.259. The van der Waals surface area contributed by atoms with E-state index in [-0.39, 0.29) is 11.1 Å². The van der Waals surface area contributed by atoms with Crippen molar-refractivity contribution >= 4 is 11.6 Å². The maximum atomic E-state index is 11.0. The molecule has 0 bridgehead atoms. The molecule has 0 unspecified atom stereocenters. The third-order valence-electron chi connectivity index (χ3n) is 1.51. The Bertz CT molecular complexity index is 381. The molecule has 0 spiro atoms. The van der Waals surface area contributed by atoms with E-state index >= 15 is 0 Å². The summed E-state index contributed by atoms with van der Waals surface area (Å²) in [5.74, 6) is -0.746. The van der Waals surface area contributed by atoms with E-state index in [2.05, 4.69) is 0 Å². The number of hydrogen-bond donors (Lipinski definition) is 3. The number of nitriles is 1. The zero-order valence-electron chi connectivity index (χ0n) is 6.61. The normalized spacial score (nSPS) is 8.92. The Morgan fingerprint density at radius 3 is 2.85 bits per heavy atom. The Kier molecular flexibility index (Phi) is 2.47. The first kappa shape index (κ1) is 9.03. The topological polar surface area (TPSA) is 99.1 Å². The van der Waals surface area contributed by atoms with Crippen LogP contribution in [-0.2, 0) is 0 Å². The predicted molar refractivity (Wildman–Crippen MR) is 44.8 cm³/mol. The highest BCUT2D eigenvalue weighted by molar-refractivity contribution is 5.96. The minimum absolute atomic E-state index is 0.0602. The lowest BCUT2D eigenvalue weighted by Gasteiger charge is -2.01. The van der Waals surface area contributed by atoms with Crippen LogP contribution in [-0.4, -0.2) is 11.1 Å². The molecule has 0 radical (unpaired) electrons. The summed E-state index contributed by atoms with van der Waals surface area (Å²) in [5.41, 5.74) is 7.43. The van der Waals surface area contributed by atoms with E-state index in [1.807, 2.05) is 6.07 Å². The molecule has 1 aromatic rings. The Morgan fingerprint density at radius 2 is 2.31 bits per heavy atom. The van der Waals surface area contributed by atoms with Gasteiger partial charge in [-0.1, -0.05) is 0 Å². The zero-order chi connectivity index (χ0) is 9.84. The minimum Gasteiger partial charge on any atom is -0.399 e. The van der Waals surface area contributed by atoms with Gasteiger partial charge < -0.3 is 5.73 Å². The first-order valence-electron chi connectivity index (χ1n) is 3.43. The second-order valence-electron chi connectivity index (χ2n) is 2.36. The SMILES string of the molecule is N#Cc1ccc(N)cc1C(=O)NO. The molecule has 1 amide bonds. The number of rotatable bonds is 1. The van der Waals surface area contributed by atoms with Crippen molar-refractivity contribution in [2.75, 3.05) is 5.73 Å². The van der Waals surface area contributed by atoms with Crippen LogP contribution in [0.1, 0.15) is 15.9 Å². The van der Waals surface area contributed by atoms with E-state index < -0.39 is 5.91 Å². The summed E-state index contributed by atoms with van der Waals surface area (Å²) in [6.07, 6.45) is 0. The first-order valence-corrected chi connectivity index (χ1v) is 3.43. The molecule has 13 heavy (non-hydrogen) atoms. The number of anilines is 1. The number of nitrogens with one attached hydrogen (secondary N) is 1. The fraction of sp³-hybridized carbons (Fsp3) is 0. The summed E-state index contributed by atoms with van der Waals surface area (Å²) >= 11 is 0. The van der Waals surface area contributed by atoms with Crippen molar-refractivity contribution in [3.63, 3.8) is 0 Å². The summed E-state index contributed by atoms with van der Waals surface area (Å²) in [5, 5.41) is 17.0. The molecule has 0 heterocycles. The smallest absolute Gasteiger partial charge is 0.276 e. The molecule has 66 valence electrons. The van der Waals surface area contributed by atoms with Gasteiger partial charge in [0.15, 0.2) is 0 Å². The molecule has 0 aliphatic heterocycles. The lowest BCUT2D eigenvalue weighted by atomic mass is 10.1. The molecule has 0 fully saturated rings. The maximum absolute atomic E-state index is 11.0. The molecule has 0 saturated heterocycles.